The van der Waals surface area contributed by atoms with E-state index in [1.807, 2.05) is 19.1 Å². The van der Waals surface area contributed by atoms with Crippen molar-refractivity contribution in [3.8, 4) is 6.07 Å². The second kappa shape index (κ2) is 4.58. The quantitative estimate of drug-likeness (QED) is 0.886. The molecule has 5 nitrogen and oxygen atoms in total. The molecule has 19 heavy (non-hydrogen) atoms. The molecule has 5 heteroatoms. The smallest absolute Gasteiger partial charge is 0.148 e. The van der Waals surface area contributed by atoms with Gasteiger partial charge < -0.3 is 5.32 Å². The highest BCUT2D eigenvalue weighted by molar-refractivity contribution is 5.74. The van der Waals surface area contributed by atoms with Gasteiger partial charge in [-0.3, -0.25) is 4.98 Å². The van der Waals surface area contributed by atoms with Crippen molar-refractivity contribution in [2.45, 2.75) is 13.3 Å². The third-order valence-electron chi connectivity index (χ3n) is 3.15. The average molecular weight is 251 g/mol. The van der Waals surface area contributed by atoms with Crippen molar-refractivity contribution in [3.63, 3.8) is 0 Å². The molecule has 0 bridgehead atoms. The van der Waals surface area contributed by atoms with E-state index in [4.69, 9.17) is 0 Å². The molecule has 2 aromatic rings. The molecular weight excluding hydrogens is 238 g/mol. The topological polar surface area (TPSA) is 66.5 Å². The van der Waals surface area contributed by atoms with Gasteiger partial charge in [-0.1, -0.05) is 6.92 Å². The van der Waals surface area contributed by atoms with Crippen LogP contribution in [-0.4, -0.2) is 21.3 Å². The van der Waals surface area contributed by atoms with Crippen LogP contribution in [0, 0.1) is 11.3 Å². The Bertz CT molecular complexity index is 676. The van der Waals surface area contributed by atoms with Crippen LogP contribution in [0.3, 0.4) is 0 Å². The number of hydrogen-bond acceptors (Lipinski definition) is 4. The molecule has 1 aliphatic heterocycles. The molecule has 0 radical (unpaired) electrons. The molecule has 2 aromatic heterocycles. The third kappa shape index (κ3) is 1.78. The minimum Gasteiger partial charge on any atom is -0.365 e. The fourth-order valence-corrected chi connectivity index (χ4v) is 2.25. The highest BCUT2D eigenvalue weighted by atomic mass is 15.4. The first-order valence-corrected chi connectivity index (χ1v) is 6.22. The first-order valence-electron chi connectivity index (χ1n) is 6.22. The van der Waals surface area contributed by atoms with Crippen LogP contribution in [0.15, 0.2) is 30.6 Å². The van der Waals surface area contributed by atoms with E-state index in [0.717, 1.165) is 29.2 Å². The van der Waals surface area contributed by atoms with Crippen LogP contribution in [0.5, 0.6) is 0 Å². The zero-order valence-corrected chi connectivity index (χ0v) is 10.6. The molecule has 0 unspecified atom stereocenters. The van der Waals surface area contributed by atoms with Crippen molar-refractivity contribution in [1.29, 1.82) is 5.26 Å². The Morgan fingerprint density at radius 2 is 2.42 bits per heavy atom. The van der Waals surface area contributed by atoms with Gasteiger partial charge in [0.05, 0.1) is 11.4 Å². The summed E-state index contributed by atoms with van der Waals surface area (Å²) in [6.45, 7) is 2.69. The number of pyridine rings is 1. The molecule has 3 rings (SSSR count). The maximum atomic E-state index is 9.28. The third-order valence-corrected chi connectivity index (χ3v) is 3.15. The molecule has 94 valence electrons. The van der Waals surface area contributed by atoms with E-state index in [1.54, 1.807) is 17.1 Å². The molecular formula is C14H13N5. The van der Waals surface area contributed by atoms with Crippen LogP contribution >= 0.6 is 0 Å². The van der Waals surface area contributed by atoms with Crippen LogP contribution in [0.4, 0.5) is 5.82 Å². The van der Waals surface area contributed by atoms with Crippen LogP contribution < -0.4 is 5.32 Å². The van der Waals surface area contributed by atoms with Crippen molar-refractivity contribution in [2.24, 2.45) is 0 Å². The van der Waals surface area contributed by atoms with Gasteiger partial charge in [-0.15, -0.1) is 0 Å². The Kier molecular flexibility index (Phi) is 2.76. The minimum atomic E-state index is 0.636. The van der Waals surface area contributed by atoms with Crippen LogP contribution in [0.2, 0.25) is 0 Å². The lowest BCUT2D eigenvalue weighted by Crippen LogP contribution is -2.15. The van der Waals surface area contributed by atoms with Gasteiger partial charge in [-0.2, -0.15) is 10.4 Å². The Balaban J connectivity index is 2.16. The maximum Gasteiger partial charge on any atom is 0.148 e. The van der Waals surface area contributed by atoms with Crippen molar-refractivity contribution in [1.82, 2.24) is 14.8 Å². The summed E-state index contributed by atoms with van der Waals surface area (Å²) in [5.41, 5.74) is 3.43. The van der Waals surface area contributed by atoms with Gasteiger partial charge in [0.25, 0.3) is 0 Å². The number of rotatable bonds is 2. The van der Waals surface area contributed by atoms with E-state index in [0.29, 0.717) is 12.1 Å². The summed E-state index contributed by atoms with van der Waals surface area (Å²) in [5.74, 6) is 0.778. The maximum absolute atomic E-state index is 9.28. The molecule has 0 spiro atoms. The van der Waals surface area contributed by atoms with Crippen LogP contribution in [0.25, 0.3) is 5.70 Å². The molecule has 3 heterocycles. The molecule has 0 aromatic carbocycles. The second-order valence-corrected chi connectivity index (χ2v) is 4.26. The predicted octanol–water partition coefficient (Wildman–Crippen LogP) is 2.03. The van der Waals surface area contributed by atoms with Gasteiger partial charge in [-0.05, 0) is 24.6 Å². The van der Waals surface area contributed by atoms with Crippen molar-refractivity contribution < 1.29 is 0 Å². The van der Waals surface area contributed by atoms with Gasteiger partial charge in [0.2, 0.25) is 0 Å². The summed E-state index contributed by atoms with van der Waals surface area (Å²) in [6, 6.07) is 6.13. The number of aryl methyl sites for hydroxylation is 1. The summed E-state index contributed by atoms with van der Waals surface area (Å²) in [5, 5.41) is 17.0. The van der Waals surface area contributed by atoms with E-state index >= 15 is 0 Å². The van der Waals surface area contributed by atoms with E-state index in [9.17, 15) is 5.26 Å². The summed E-state index contributed by atoms with van der Waals surface area (Å²) < 4.78 is 1.80. The number of nitrogens with one attached hydrogen (secondary N) is 1. The fourth-order valence-electron chi connectivity index (χ4n) is 2.25. The summed E-state index contributed by atoms with van der Waals surface area (Å²) in [7, 11) is 0. The number of hydrogen-bond donors (Lipinski definition) is 1. The summed E-state index contributed by atoms with van der Waals surface area (Å²) in [6.07, 6.45) is 6.34. The number of nitriles is 1. The second-order valence-electron chi connectivity index (χ2n) is 4.26. The first kappa shape index (κ1) is 11.5. The van der Waals surface area contributed by atoms with Crippen LogP contribution in [-0.2, 0) is 6.42 Å². The first-order chi connectivity index (χ1) is 9.35. The van der Waals surface area contributed by atoms with Gasteiger partial charge in [0.1, 0.15) is 17.5 Å². The van der Waals surface area contributed by atoms with E-state index in [1.165, 1.54) is 0 Å². The van der Waals surface area contributed by atoms with Gasteiger partial charge in [0, 0.05) is 24.5 Å². The largest absolute Gasteiger partial charge is 0.365 e. The zero-order chi connectivity index (χ0) is 13.2. The van der Waals surface area contributed by atoms with Gasteiger partial charge in [0.15, 0.2) is 0 Å². The highest BCUT2D eigenvalue weighted by Gasteiger charge is 2.21. The Labute approximate surface area is 111 Å². The molecule has 0 amide bonds. The number of fused-ring (bicyclic) bond motifs is 1. The Hall–Kier alpha value is -2.61. The number of aromatic nitrogens is 3. The lowest BCUT2D eigenvalue weighted by atomic mass is 10.1. The molecule has 0 atom stereocenters. The molecule has 1 N–H and O–H groups in total. The lowest BCUT2D eigenvalue weighted by Gasteiger charge is -2.17. The standard InChI is InChI=1S/C14H13N5/c1-2-12-11(8-15)14-17-7-5-13(19(14)18-12)10-4-3-6-16-9-10/h3-6,9,17H,2,7H2,1H3. The number of anilines is 1. The van der Waals surface area contributed by atoms with Crippen molar-refractivity contribution in [2.75, 3.05) is 11.9 Å². The van der Waals surface area contributed by atoms with Crippen molar-refractivity contribution >= 4 is 11.5 Å². The predicted molar refractivity (Wildman–Crippen MR) is 72.4 cm³/mol. The highest BCUT2D eigenvalue weighted by Crippen LogP contribution is 2.29. The molecule has 0 saturated carbocycles. The number of nitrogens with zero attached hydrogens (tertiary/aromatic N) is 4. The van der Waals surface area contributed by atoms with E-state index < -0.39 is 0 Å². The monoisotopic (exact) mass is 251 g/mol. The molecule has 1 aliphatic rings. The van der Waals surface area contributed by atoms with Crippen LogP contribution in [0.1, 0.15) is 23.7 Å². The zero-order valence-electron chi connectivity index (χ0n) is 10.6. The lowest BCUT2D eigenvalue weighted by molar-refractivity contribution is 0.848. The van der Waals surface area contributed by atoms with E-state index in [-0.39, 0.29) is 0 Å². The van der Waals surface area contributed by atoms with Gasteiger partial charge in [-0.25, -0.2) is 4.68 Å². The SMILES string of the molecule is CCc1nn2c(c1C#N)NCC=C2c1cccnc1. The Morgan fingerprint density at radius 1 is 1.53 bits per heavy atom. The minimum absolute atomic E-state index is 0.636. The van der Waals surface area contributed by atoms with E-state index in [2.05, 4.69) is 27.5 Å². The molecule has 0 fully saturated rings. The fraction of sp³-hybridized carbons (Fsp3) is 0.214. The molecule has 0 saturated heterocycles. The summed E-state index contributed by atoms with van der Waals surface area (Å²) in [4.78, 5) is 4.13. The Morgan fingerprint density at radius 3 is 3.11 bits per heavy atom. The summed E-state index contributed by atoms with van der Waals surface area (Å²) >= 11 is 0. The average Bonchev–Trinajstić information content (AvgIpc) is 2.85. The molecule has 0 aliphatic carbocycles. The normalized spacial score (nSPS) is 13.2. The van der Waals surface area contributed by atoms with Crippen molar-refractivity contribution in [3.05, 3.63) is 47.4 Å². The van der Waals surface area contributed by atoms with Gasteiger partial charge >= 0.3 is 0 Å².